The molecule has 0 amide bonds. The van der Waals surface area contributed by atoms with Crippen molar-refractivity contribution in [2.24, 2.45) is 0 Å². The molecule has 3 nitrogen and oxygen atoms in total. The lowest BCUT2D eigenvalue weighted by Crippen LogP contribution is -2.06. The molecule has 1 aromatic carbocycles. The summed E-state index contributed by atoms with van der Waals surface area (Å²) in [5.41, 5.74) is 1.09. The molecule has 2 aromatic rings. The predicted octanol–water partition coefficient (Wildman–Crippen LogP) is 3.36. The summed E-state index contributed by atoms with van der Waals surface area (Å²) in [4.78, 5) is 4.08. The minimum atomic E-state index is 0.758. The van der Waals surface area contributed by atoms with E-state index in [0.29, 0.717) is 0 Å². The number of nitrogens with zero attached hydrogens (tertiary/aromatic N) is 1. The Morgan fingerprint density at radius 1 is 1.24 bits per heavy atom. The summed E-state index contributed by atoms with van der Waals surface area (Å²) >= 11 is 3.39. The fourth-order valence-electron chi connectivity index (χ4n) is 1.47. The molecule has 0 aliphatic carbocycles. The monoisotopic (exact) mass is 292 g/mol. The molecule has 0 fully saturated rings. The molecule has 2 rings (SSSR count). The van der Waals surface area contributed by atoms with Crippen LogP contribution in [0.3, 0.4) is 0 Å². The number of hydrogen-bond donors (Lipinski definition) is 1. The molecule has 1 N–H and O–H groups in total. The summed E-state index contributed by atoms with van der Waals surface area (Å²) in [5, 5.41) is 3.10. The van der Waals surface area contributed by atoms with Crippen LogP contribution in [0.5, 0.6) is 11.5 Å². The van der Waals surface area contributed by atoms with Gasteiger partial charge in [0.25, 0.3) is 0 Å². The fraction of sp³-hybridized carbons (Fsp3) is 0.154. The summed E-state index contributed by atoms with van der Waals surface area (Å²) in [7, 11) is 1.91. The van der Waals surface area contributed by atoms with Gasteiger partial charge in [-0.15, -0.1) is 0 Å². The fourth-order valence-corrected chi connectivity index (χ4v) is 1.73. The highest BCUT2D eigenvalue weighted by Gasteiger charge is 2.03. The standard InChI is InChI=1S/C13H13BrN2O/c1-15-8-10-6-7-16-9-13(10)17-12-4-2-11(14)3-5-12/h2-7,9,15H,8H2,1H3. The van der Waals surface area contributed by atoms with Gasteiger partial charge in [0.05, 0.1) is 6.20 Å². The van der Waals surface area contributed by atoms with Crippen molar-refractivity contribution < 1.29 is 4.74 Å². The first-order valence-electron chi connectivity index (χ1n) is 5.30. The molecule has 1 aromatic heterocycles. The van der Waals surface area contributed by atoms with Gasteiger partial charge in [0, 0.05) is 22.8 Å². The van der Waals surface area contributed by atoms with E-state index >= 15 is 0 Å². The van der Waals surface area contributed by atoms with E-state index in [1.165, 1.54) is 0 Å². The van der Waals surface area contributed by atoms with E-state index in [1.54, 1.807) is 12.4 Å². The van der Waals surface area contributed by atoms with Crippen molar-refractivity contribution in [3.8, 4) is 11.5 Å². The number of rotatable bonds is 4. The zero-order valence-corrected chi connectivity index (χ0v) is 11.1. The Morgan fingerprint density at radius 3 is 2.71 bits per heavy atom. The Bertz CT molecular complexity index is 485. The first-order valence-corrected chi connectivity index (χ1v) is 6.10. The van der Waals surface area contributed by atoms with Crippen LogP contribution in [-0.4, -0.2) is 12.0 Å². The number of ether oxygens (including phenoxy) is 1. The number of aromatic nitrogens is 1. The highest BCUT2D eigenvalue weighted by molar-refractivity contribution is 9.10. The molecule has 0 aliphatic rings. The van der Waals surface area contributed by atoms with Gasteiger partial charge in [-0.1, -0.05) is 15.9 Å². The van der Waals surface area contributed by atoms with Crippen LogP contribution in [0.2, 0.25) is 0 Å². The second kappa shape index (κ2) is 5.80. The Labute approximate surface area is 109 Å². The third-order valence-corrected chi connectivity index (χ3v) is 2.81. The second-order valence-electron chi connectivity index (χ2n) is 3.57. The summed E-state index contributed by atoms with van der Waals surface area (Å²) in [5.74, 6) is 1.59. The molecule has 0 saturated carbocycles. The third kappa shape index (κ3) is 3.28. The topological polar surface area (TPSA) is 34.2 Å². The molecular weight excluding hydrogens is 280 g/mol. The number of nitrogens with one attached hydrogen (secondary N) is 1. The number of pyridine rings is 1. The first kappa shape index (κ1) is 12.1. The Hall–Kier alpha value is -1.39. The van der Waals surface area contributed by atoms with Gasteiger partial charge in [0.1, 0.15) is 11.5 Å². The molecule has 0 aliphatic heterocycles. The van der Waals surface area contributed by atoms with Gasteiger partial charge < -0.3 is 10.1 Å². The van der Waals surface area contributed by atoms with Gasteiger partial charge >= 0.3 is 0 Å². The number of halogens is 1. The van der Waals surface area contributed by atoms with Gasteiger partial charge in [-0.3, -0.25) is 4.98 Å². The summed E-state index contributed by atoms with van der Waals surface area (Å²) in [6.07, 6.45) is 3.50. The van der Waals surface area contributed by atoms with Crippen molar-refractivity contribution in [3.05, 3.63) is 52.8 Å². The van der Waals surface area contributed by atoms with E-state index in [0.717, 1.165) is 28.1 Å². The van der Waals surface area contributed by atoms with Gasteiger partial charge in [-0.25, -0.2) is 0 Å². The third-order valence-electron chi connectivity index (χ3n) is 2.28. The molecule has 0 unspecified atom stereocenters. The maximum atomic E-state index is 5.79. The summed E-state index contributed by atoms with van der Waals surface area (Å²) < 4.78 is 6.83. The van der Waals surface area contributed by atoms with Gasteiger partial charge in [0.15, 0.2) is 0 Å². The molecule has 88 valence electrons. The smallest absolute Gasteiger partial charge is 0.150 e. The van der Waals surface area contributed by atoms with Crippen LogP contribution >= 0.6 is 15.9 Å². The molecular formula is C13H13BrN2O. The van der Waals surface area contributed by atoms with E-state index in [4.69, 9.17) is 4.74 Å². The maximum Gasteiger partial charge on any atom is 0.150 e. The van der Waals surface area contributed by atoms with E-state index < -0.39 is 0 Å². The van der Waals surface area contributed by atoms with Crippen LogP contribution in [0.1, 0.15) is 5.56 Å². The predicted molar refractivity (Wildman–Crippen MR) is 71.2 cm³/mol. The highest BCUT2D eigenvalue weighted by atomic mass is 79.9. The molecule has 0 bridgehead atoms. The minimum absolute atomic E-state index is 0.758. The average molecular weight is 293 g/mol. The Balaban J connectivity index is 2.20. The van der Waals surface area contributed by atoms with Gasteiger partial charge in [-0.2, -0.15) is 0 Å². The SMILES string of the molecule is CNCc1ccncc1Oc1ccc(Br)cc1. The lowest BCUT2D eigenvalue weighted by molar-refractivity contribution is 0.471. The molecule has 0 atom stereocenters. The normalized spacial score (nSPS) is 10.2. The molecule has 4 heteroatoms. The summed E-state index contributed by atoms with van der Waals surface area (Å²) in [6.45, 7) is 0.758. The summed E-state index contributed by atoms with van der Waals surface area (Å²) in [6, 6.07) is 9.68. The van der Waals surface area contributed by atoms with E-state index in [2.05, 4.69) is 26.2 Å². The second-order valence-corrected chi connectivity index (χ2v) is 4.49. The zero-order valence-electron chi connectivity index (χ0n) is 9.48. The van der Waals surface area contributed by atoms with Crippen LogP contribution in [-0.2, 0) is 6.54 Å². The number of hydrogen-bond acceptors (Lipinski definition) is 3. The molecule has 0 spiro atoms. The van der Waals surface area contributed by atoms with Crippen molar-refractivity contribution in [2.75, 3.05) is 7.05 Å². The van der Waals surface area contributed by atoms with E-state index in [9.17, 15) is 0 Å². The maximum absolute atomic E-state index is 5.79. The largest absolute Gasteiger partial charge is 0.455 e. The highest BCUT2D eigenvalue weighted by Crippen LogP contribution is 2.25. The average Bonchev–Trinajstić information content (AvgIpc) is 2.35. The van der Waals surface area contributed by atoms with Crippen molar-refractivity contribution in [2.45, 2.75) is 6.54 Å². The lowest BCUT2D eigenvalue weighted by Gasteiger charge is -2.10. The minimum Gasteiger partial charge on any atom is -0.455 e. The van der Waals surface area contributed by atoms with Crippen LogP contribution < -0.4 is 10.1 Å². The van der Waals surface area contributed by atoms with Crippen molar-refractivity contribution in [3.63, 3.8) is 0 Å². The Kier molecular flexibility index (Phi) is 4.12. The van der Waals surface area contributed by atoms with Crippen LogP contribution in [0, 0.1) is 0 Å². The van der Waals surface area contributed by atoms with Crippen molar-refractivity contribution in [1.29, 1.82) is 0 Å². The molecule has 17 heavy (non-hydrogen) atoms. The van der Waals surface area contributed by atoms with Gasteiger partial charge in [0.2, 0.25) is 0 Å². The van der Waals surface area contributed by atoms with E-state index in [-0.39, 0.29) is 0 Å². The van der Waals surface area contributed by atoms with Crippen LogP contribution in [0.15, 0.2) is 47.2 Å². The van der Waals surface area contributed by atoms with Crippen molar-refractivity contribution >= 4 is 15.9 Å². The van der Waals surface area contributed by atoms with Gasteiger partial charge in [-0.05, 0) is 37.4 Å². The first-order chi connectivity index (χ1) is 8.29. The zero-order chi connectivity index (χ0) is 12.1. The van der Waals surface area contributed by atoms with Crippen LogP contribution in [0.25, 0.3) is 0 Å². The van der Waals surface area contributed by atoms with E-state index in [1.807, 2.05) is 37.4 Å². The van der Waals surface area contributed by atoms with Crippen molar-refractivity contribution in [1.82, 2.24) is 10.3 Å². The molecule has 1 heterocycles. The molecule has 0 saturated heterocycles. The lowest BCUT2D eigenvalue weighted by atomic mass is 10.2. The molecule has 0 radical (unpaired) electrons. The number of benzene rings is 1. The Morgan fingerprint density at radius 2 is 2.00 bits per heavy atom. The van der Waals surface area contributed by atoms with Crippen LogP contribution in [0.4, 0.5) is 0 Å². The quantitative estimate of drug-likeness (QED) is 0.938.